The molecule has 2 amide bonds. The number of amides is 2. The predicted molar refractivity (Wildman–Crippen MR) is 123 cm³/mol. The lowest BCUT2D eigenvalue weighted by molar-refractivity contribution is -0.120. The number of benzodiazepines with no additional fused rings is 1. The van der Waals surface area contributed by atoms with Crippen LogP contribution in [0.25, 0.3) is 0 Å². The molecule has 6 nitrogen and oxygen atoms in total. The monoisotopic (exact) mass is 425 g/mol. The molecule has 1 aliphatic heterocycles. The third-order valence-corrected chi connectivity index (χ3v) is 5.89. The molecular formula is C26H23N3O3. The van der Waals surface area contributed by atoms with Crippen LogP contribution in [0.15, 0.2) is 83.9 Å². The standard InChI is InChI=1S/C26H23N3O3/c30-25-24(29(26(31)32)16-17-8-3-1-4-9-17)27-22(19-10-5-2-6-11-19)21-13-7-12-20(18-14-15-18)23(21)28-25/h1-13,18,24H,14-16H2,(H,28,30)(H,31,32). The highest BCUT2D eigenvalue weighted by Gasteiger charge is 2.36. The Hall–Kier alpha value is -3.93. The molecule has 0 aromatic heterocycles. The number of carbonyl (C=O) groups is 2. The molecule has 3 aromatic carbocycles. The number of fused-ring (bicyclic) bond motifs is 1. The van der Waals surface area contributed by atoms with Gasteiger partial charge in [0.1, 0.15) is 0 Å². The number of carbonyl (C=O) groups excluding carboxylic acids is 1. The van der Waals surface area contributed by atoms with Crippen LogP contribution in [0.4, 0.5) is 10.5 Å². The lowest BCUT2D eigenvalue weighted by Crippen LogP contribution is -2.45. The van der Waals surface area contributed by atoms with Crippen molar-refractivity contribution in [1.82, 2.24) is 4.90 Å². The van der Waals surface area contributed by atoms with E-state index in [4.69, 9.17) is 4.99 Å². The lowest BCUT2D eigenvalue weighted by atomic mass is 9.96. The summed E-state index contributed by atoms with van der Waals surface area (Å²) in [5, 5.41) is 13.0. The third kappa shape index (κ3) is 3.87. The molecule has 1 atom stereocenters. The molecule has 1 unspecified atom stereocenters. The van der Waals surface area contributed by atoms with Gasteiger partial charge in [0.05, 0.1) is 17.9 Å². The van der Waals surface area contributed by atoms with Crippen LogP contribution in [-0.4, -0.2) is 33.9 Å². The summed E-state index contributed by atoms with van der Waals surface area (Å²) < 4.78 is 0. The Morgan fingerprint density at radius 2 is 1.66 bits per heavy atom. The molecule has 1 fully saturated rings. The summed E-state index contributed by atoms with van der Waals surface area (Å²) in [4.78, 5) is 31.5. The van der Waals surface area contributed by atoms with Crippen molar-refractivity contribution in [1.29, 1.82) is 0 Å². The van der Waals surface area contributed by atoms with E-state index < -0.39 is 18.2 Å². The van der Waals surface area contributed by atoms with Gasteiger partial charge in [-0.15, -0.1) is 0 Å². The highest BCUT2D eigenvalue weighted by atomic mass is 16.4. The van der Waals surface area contributed by atoms with Crippen LogP contribution >= 0.6 is 0 Å². The summed E-state index contributed by atoms with van der Waals surface area (Å²) in [5.74, 6) is -0.0256. The van der Waals surface area contributed by atoms with Gasteiger partial charge in [0.15, 0.2) is 0 Å². The molecule has 32 heavy (non-hydrogen) atoms. The van der Waals surface area contributed by atoms with Crippen LogP contribution in [0.2, 0.25) is 0 Å². The summed E-state index contributed by atoms with van der Waals surface area (Å²) >= 11 is 0. The van der Waals surface area contributed by atoms with E-state index in [-0.39, 0.29) is 6.54 Å². The number of carboxylic acid groups (broad SMARTS) is 1. The fraction of sp³-hybridized carbons (Fsp3) is 0.192. The Kier molecular flexibility index (Phi) is 5.19. The first kappa shape index (κ1) is 20.0. The van der Waals surface area contributed by atoms with E-state index in [1.165, 1.54) is 0 Å². The average Bonchev–Trinajstić information content (AvgIpc) is 3.66. The fourth-order valence-corrected chi connectivity index (χ4v) is 4.16. The van der Waals surface area contributed by atoms with E-state index in [1.54, 1.807) is 0 Å². The minimum atomic E-state index is -1.21. The molecule has 1 saturated carbocycles. The Balaban J connectivity index is 1.63. The first-order valence-electron chi connectivity index (χ1n) is 10.7. The van der Waals surface area contributed by atoms with E-state index in [0.29, 0.717) is 11.6 Å². The van der Waals surface area contributed by atoms with Crippen LogP contribution < -0.4 is 5.32 Å². The zero-order valence-corrected chi connectivity index (χ0v) is 17.4. The topological polar surface area (TPSA) is 82.0 Å². The van der Waals surface area contributed by atoms with Gasteiger partial charge >= 0.3 is 6.09 Å². The second kappa shape index (κ2) is 8.30. The Morgan fingerprint density at radius 1 is 0.969 bits per heavy atom. The zero-order valence-electron chi connectivity index (χ0n) is 17.4. The van der Waals surface area contributed by atoms with Gasteiger partial charge in [-0.1, -0.05) is 78.9 Å². The molecule has 2 aliphatic rings. The van der Waals surface area contributed by atoms with Crippen LogP contribution in [0, 0.1) is 0 Å². The number of hydrogen-bond donors (Lipinski definition) is 2. The number of aliphatic imine (C=N–C) groups is 1. The van der Waals surface area contributed by atoms with Crippen LogP contribution in [0.1, 0.15) is 41.0 Å². The molecule has 0 saturated heterocycles. The lowest BCUT2D eigenvalue weighted by Gasteiger charge is -2.25. The Labute approximate surface area is 186 Å². The summed E-state index contributed by atoms with van der Waals surface area (Å²) in [5.41, 5.74) is 4.90. The van der Waals surface area contributed by atoms with Crippen molar-refractivity contribution in [2.75, 3.05) is 5.32 Å². The fourth-order valence-electron chi connectivity index (χ4n) is 4.16. The largest absolute Gasteiger partial charge is 0.465 e. The van der Waals surface area contributed by atoms with Gasteiger partial charge in [0.25, 0.3) is 5.91 Å². The van der Waals surface area contributed by atoms with Gasteiger partial charge in [-0.25, -0.2) is 9.79 Å². The van der Waals surface area contributed by atoms with Crippen molar-refractivity contribution in [3.8, 4) is 0 Å². The van der Waals surface area contributed by atoms with Crippen LogP contribution in [0.3, 0.4) is 0 Å². The van der Waals surface area contributed by atoms with Gasteiger partial charge in [0.2, 0.25) is 6.17 Å². The smallest absolute Gasteiger partial charge is 0.409 e. The Morgan fingerprint density at radius 3 is 2.31 bits per heavy atom. The average molecular weight is 425 g/mol. The van der Waals surface area contributed by atoms with E-state index in [2.05, 4.69) is 5.32 Å². The van der Waals surface area contributed by atoms with Crippen molar-refractivity contribution in [3.63, 3.8) is 0 Å². The van der Waals surface area contributed by atoms with Crippen molar-refractivity contribution in [2.24, 2.45) is 4.99 Å². The maximum atomic E-state index is 13.4. The predicted octanol–water partition coefficient (Wildman–Crippen LogP) is 4.86. The maximum absolute atomic E-state index is 13.4. The molecule has 1 heterocycles. The van der Waals surface area contributed by atoms with Gasteiger partial charge < -0.3 is 10.4 Å². The van der Waals surface area contributed by atoms with Crippen molar-refractivity contribution >= 4 is 23.4 Å². The second-order valence-electron chi connectivity index (χ2n) is 8.15. The number of nitrogens with one attached hydrogen (secondary N) is 1. The molecule has 160 valence electrons. The van der Waals surface area contributed by atoms with E-state index >= 15 is 0 Å². The van der Waals surface area contributed by atoms with Crippen LogP contribution in [-0.2, 0) is 11.3 Å². The minimum Gasteiger partial charge on any atom is -0.465 e. The van der Waals surface area contributed by atoms with Crippen molar-refractivity contribution in [3.05, 3.63) is 101 Å². The molecule has 3 aromatic rings. The third-order valence-electron chi connectivity index (χ3n) is 5.89. The number of para-hydroxylation sites is 1. The summed E-state index contributed by atoms with van der Waals surface area (Å²) in [6.45, 7) is 0.0612. The number of hydrogen-bond acceptors (Lipinski definition) is 3. The Bertz CT molecular complexity index is 1190. The van der Waals surface area contributed by atoms with Crippen molar-refractivity contribution < 1.29 is 14.7 Å². The highest BCUT2D eigenvalue weighted by molar-refractivity contribution is 6.20. The maximum Gasteiger partial charge on any atom is 0.409 e. The normalized spacial score (nSPS) is 17.6. The number of benzene rings is 3. The van der Waals surface area contributed by atoms with Gasteiger partial charge in [-0.2, -0.15) is 0 Å². The summed E-state index contributed by atoms with van der Waals surface area (Å²) in [6.07, 6.45) is -0.230. The van der Waals surface area contributed by atoms with Gasteiger partial charge in [0, 0.05) is 11.1 Å². The molecule has 5 rings (SSSR count). The van der Waals surface area contributed by atoms with Crippen LogP contribution in [0.5, 0.6) is 0 Å². The number of anilines is 1. The second-order valence-corrected chi connectivity index (χ2v) is 8.15. The molecule has 2 N–H and O–H groups in total. The summed E-state index contributed by atoms with van der Waals surface area (Å²) in [7, 11) is 0. The zero-order chi connectivity index (χ0) is 22.1. The molecule has 6 heteroatoms. The quantitative estimate of drug-likeness (QED) is 0.612. The first-order chi connectivity index (χ1) is 15.6. The SMILES string of the molecule is O=C1Nc2c(cccc2C2CC2)C(c2ccccc2)=NC1N(Cc1ccccc1)C(=O)O. The molecular weight excluding hydrogens is 402 g/mol. The van der Waals surface area contributed by atoms with E-state index in [0.717, 1.165) is 45.7 Å². The van der Waals surface area contributed by atoms with Gasteiger partial charge in [-0.05, 0) is 29.9 Å². The minimum absolute atomic E-state index is 0.0612. The van der Waals surface area contributed by atoms with Crippen molar-refractivity contribution in [2.45, 2.75) is 31.5 Å². The number of nitrogens with zero attached hydrogens (tertiary/aromatic N) is 2. The molecule has 0 spiro atoms. The highest BCUT2D eigenvalue weighted by Crippen LogP contribution is 2.45. The molecule has 0 radical (unpaired) electrons. The molecule has 0 bridgehead atoms. The first-order valence-corrected chi connectivity index (χ1v) is 10.7. The van der Waals surface area contributed by atoms with E-state index in [9.17, 15) is 14.7 Å². The number of rotatable bonds is 5. The summed E-state index contributed by atoms with van der Waals surface area (Å²) in [6, 6.07) is 24.8. The van der Waals surface area contributed by atoms with E-state index in [1.807, 2.05) is 78.9 Å². The van der Waals surface area contributed by atoms with Gasteiger partial charge in [-0.3, -0.25) is 9.69 Å². The molecule has 1 aliphatic carbocycles.